The number of hydrogen-bond donors (Lipinski definition) is 2. The summed E-state index contributed by atoms with van der Waals surface area (Å²) in [5.41, 5.74) is 6.44. The molecule has 0 bridgehead atoms. The van der Waals surface area contributed by atoms with Crippen LogP contribution < -0.4 is 11.1 Å². The van der Waals surface area contributed by atoms with Crippen molar-refractivity contribution < 1.29 is 9.53 Å². The van der Waals surface area contributed by atoms with Crippen molar-refractivity contribution >= 4 is 24.0 Å². The quantitative estimate of drug-likeness (QED) is 0.871. The Bertz CT molecular complexity index is 391. The first-order valence-corrected chi connectivity index (χ1v) is 5.81. The van der Waals surface area contributed by atoms with E-state index in [0.717, 1.165) is 19.4 Å². The number of nitrogens with zero attached hydrogens (tertiary/aromatic N) is 1. The zero-order chi connectivity index (χ0) is 12.3. The molecule has 5 nitrogen and oxygen atoms in total. The highest BCUT2D eigenvalue weighted by molar-refractivity contribution is 5.92. The van der Waals surface area contributed by atoms with Crippen LogP contribution in [0.3, 0.4) is 0 Å². The van der Waals surface area contributed by atoms with Gasteiger partial charge in [-0.1, -0.05) is 0 Å². The molecule has 0 radical (unpaired) electrons. The van der Waals surface area contributed by atoms with E-state index in [1.165, 1.54) is 6.20 Å². The van der Waals surface area contributed by atoms with Gasteiger partial charge in [-0.3, -0.25) is 4.79 Å². The first-order chi connectivity index (χ1) is 8.16. The third-order valence-corrected chi connectivity index (χ3v) is 2.90. The molecular formula is C12H18ClN3O2. The summed E-state index contributed by atoms with van der Waals surface area (Å²) in [6.07, 6.45) is 3.65. The van der Waals surface area contributed by atoms with Crippen molar-refractivity contribution in [1.29, 1.82) is 0 Å². The molecular weight excluding hydrogens is 254 g/mol. The number of amides is 1. The fourth-order valence-corrected chi connectivity index (χ4v) is 1.91. The minimum atomic E-state index is -0.187. The van der Waals surface area contributed by atoms with Gasteiger partial charge in [0.15, 0.2) is 0 Å². The van der Waals surface area contributed by atoms with Crippen molar-refractivity contribution in [1.82, 2.24) is 10.3 Å². The smallest absolute Gasteiger partial charge is 0.270 e. The summed E-state index contributed by atoms with van der Waals surface area (Å²) in [4.78, 5) is 15.8. The Labute approximate surface area is 113 Å². The molecule has 0 aromatic carbocycles. The van der Waals surface area contributed by atoms with E-state index >= 15 is 0 Å². The highest BCUT2D eigenvalue weighted by Gasteiger charge is 2.24. The molecule has 2 unspecified atom stereocenters. The lowest BCUT2D eigenvalue weighted by Gasteiger charge is -2.19. The van der Waals surface area contributed by atoms with Crippen molar-refractivity contribution in [2.45, 2.75) is 31.9 Å². The van der Waals surface area contributed by atoms with Crippen molar-refractivity contribution in [3.8, 4) is 0 Å². The fraction of sp³-hybridized carbons (Fsp3) is 0.500. The number of anilines is 1. The number of nitrogens with one attached hydrogen (secondary N) is 1. The van der Waals surface area contributed by atoms with E-state index in [2.05, 4.69) is 10.3 Å². The lowest BCUT2D eigenvalue weighted by atomic mass is 10.1. The Kier molecular flexibility index (Phi) is 5.37. The average molecular weight is 272 g/mol. The molecule has 2 heterocycles. The molecule has 2 rings (SSSR count). The highest BCUT2D eigenvalue weighted by Crippen LogP contribution is 2.15. The van der Waals surface area contributed by atoms with Crippen molar-refractivity contribution in [2.75, 3.05) is 12.3 Å². The topological polar surface area (TPSA) is 77.2 Å². The maximum atomic E-state index is 11.9. The number of pyridine rings is 1. The second-order valence-corrected chi connectivity index (χ2v) is 4.29. The Morgan fingerprint density at radius 1 is 1.61 bits per heavy atom. The molecule has 6 heteroatoms. The van der Waals surface area contributed by atoms with Crippen molar-refractivity contribution in [3.63, 3.8) is 0 Å². The van der Waals surface area contributed by atoms with Crippen LogP contribution in [0.4, 0.5) is 5.69 Å². The maximum Gasteiger partial charge on any atom is 0.270 e. The van der Waals surface area contributed by atoms with Gasteiger partial charge < -0.3 is 15.8 Å². The minimum absolute atomic E-state index is 0. The van der Waals surface area contributed by atoms with Crippen LogP contribution in [0.5, 0.6) is 0 Å². The molecule has 1 saturated heterocycles. The third-order valence-electron chi connectivity index (χ3n) is 2.90. The van der Waals surface area contributed by atoms with Gasteiger partial charge in [0, 0.05) is 6.61 Å². The number of nitrogens with two attached hydrogens (primary N) is 1. The number of hydrogen-bond acceptors (Lipinski definition) is 4. The molecule has 0 aliphatic carbocycles. The van der Waals surface area contributed by atoms with Crippen LogP contribution in [0.1, 0.15) is 30.3 Å². The van der Waals surface area contributed by atoms with Crippen LogP contribution >= 0.6 is 12.4 Å². The fourth-order valence-electron chi connectivity index (χ4n) is 1.91. The number of ether oxygens (including phenoxy) is 1. The maximum absolute atomic E-state index is 11.9. The Balaban J connectivity index is 0.00000162. The molecule has 0 spiro atoms. The van der Waals surface area contributed by atoms with Gasteiger partial charge >= 0.3 is 0 Å². The predicted octanol–water partition coefficient (Wildman–Crippen LogP) is 1.38. The summed E-state index contributed by atoms with van der Waals surface area (Å²) in [6, 6.07) is 3.29. The predicted molar refractivity (Wildman–Crippen MR) is 71.8 cm³/mol. The molecule has 100 valence electrons. The minimum Gasteiger partial charge on any atom is -0.397 e. The van der Waals surface area contributed by atoms with Gasteiger partial charge in [-0.2, -0.15) is 0 Å². The molecule has 3 N–H and O–H groups in total. The van der Waals surface area contributed by atoms with Crippen LogP contribution in [0.15, 0.2) is 18.3 Å². The largest absolute Gasteiger partial charge is 0.397 e. The molecule has 2 atom stereocenters. The lowest BCUT2D eigenvalue weighted by molar-refractivity contribution is 0.0709. The standard InChI is InChI=1S/C12H17N3O2.ClH/c1-8(11-3-2-6-17-11)15-12(16)10-5-4-9(13)7-14-10;/h4-5,7-8,11H,2-3,6,13H2,1H3,(H,15,16);1H. The monoisotopic (exact) mass is 271 g/mol. The van der Waals surface area contributed by atoms with Crippen LogP contribution in [0.2, 0.25) is 0 Å². The van der Waals surface area contributed by atoms with Gasteiger partial charge in [-0.25, -0.2) is 4.98 Å². The summed E-state index contributed by atoms with van der Waals surface area (Å²) >= 11 is 0. The Hall–Kier alpha value is -1.33. The zero-order valence-electron chi connectivity index (χ0n) is 10.3. The van der Waals surface area contributed by atoms with E-state index < -0.39 is 0 Å². The number of carbonyl (C=O) groups is 1. The first kappa shape index (κ1) is 14.7. The first-order valence-electron chi connectivity index (χ1n) is 5.81. The molecule has 1 amide bonds. The zero-order valence-corrected chi connectivity index (χ0v) is 11.1. The molecule has 1 aliphatic heterocycles. The van der Waals surface area contributed by atoms with Gasteiger partial charge in [0.25, 0.3) is 5.91 Å². The van der Waals surface area contributed by atoms with Crippen LogP contribution in [0, 0.1) is 0 Å². The molecule has 1 fully saturated rings. The van der Waals surface area contributed by atoms with E-state index in [1.807, 2.05) is 6.92 Å². The van der Waals surface area contributed by atoms with Gasteiger partial charge in [-0.05, 0) is 31.9 Å². The van der Waals surface area contributed by atoms with Crippen LogP contribution in [0.25, 0.3) is 0 Å². The summed E-state index contributed by atoms with van der Waals surface area (Å²) in [5, 5.41) is 2.89. The number of nitrogen functional groups attached to an aromatic ring is 1. The van der Waals surface area contributed by atoms with E-state index in [-0.39, 0.29) is 30.5 Å². The third kappa shape index (κ3) is 3.58. The number of rotatable bonds is 3. The molecule has 1 aromatic heterocycles. The van der Waals surface area contributed by atoms with E-state index in [9.17, 15) is 4.79 Å². The highest BCUT2D eigenvalue weighted by atomic mass is 35.5. The normalized spacial score (nSPS) is 19.9. The van der Waals surface area contributed by atoms with Crippen molar-refractivity contribution in [2.24, 2.45) is 0 Å². The average Bonchev–Trinajstić information content (AvgIpc) is 2.83. The summed E-state index contributed by atoms with van der Waals surface area (Å²) in [7, 11) is 0. The summed E-state index contributed by atoms with van der Waals surface area (Å²) < 4.78 is 5.52. The van der Waals surface area contributed by atoms with Gasteiger partial charge in [0.1, 0.15) is 5.69 Å². The summed E-state index contributed by atoms with van der Waals surface area (Å²) in [5.74, 6) is -0.187. The molecule has 1 aliphatic rings. The Morgan fingerprint density at radius 2 is 2.39 bits per heavy atom. The number of carbonyl (C=O) groups excluding carboxylic acids is 1. The molecule has 18 heavy (non-hydrogen) atoms. The van der Waals surface area contributed by atoms with Gasteiger partial charge in [-0.15, -0.1) is 12.4 Å². The summed E-state index contributed by atoms with van der Waals surface area (Å²) in [6.45, 7) is 2.73. The second-order valence-electron chi connectivity index (χ2n) is 4.29. The van der Waals surface area contributed by atoms with Gasteiger partial charge in [0.2, 0.25) is 0 Å². The van der Waals surface area contributed by atoms with Crippen molar-refractivity contribution in [3.05, 3.63) is 24.0 Å². The van der Waals surface area contributed by atoms with Crippen LogP contribution in [-0.2, 0) is 4.74 Å². The van der Waals surface area contributed by atoms with E-state index in [1.54, 1.807) is 12.1 Å². The van der Waals surface area contributed by atoms with Crippen LogP contribution in [-0.4, -0.2) is 29.6 Å². The number of aromatic nitrogens is 1. The molecule has 0 saturated carbocycles. The number of halogens is 1. The van der Waals surface area contributed by atoms with Gasteiger partial charge in [0.05, 0.1) is 24.0 Å². The van der Waals surface area contributed by atoms with E-state index in [4.69, 9.17) is 10.5 Å². The Morgan fingerprint density at radius 3 is 2.94 bits per heavy atom. The molecule has 1 aromatic rings. The van der Waals surface area contributed by atoms with E-state index in [0.29, 0.717) is 11.4 Å². The lowest BCUT2D eigenvalue weighted by Crippen LogP contribution is -2.41. The SMILES string of the molecule is CC(NC(=O)c1ccc(N)cn1)C1CCCO1.Cl. The second kappa shape index (κ2) is 6.56.